The fraction of sp³-hybridized carbons (Fsp3) is 0.375. The summed E-state index contributed by atoms with van der Waals surface area (Å²) in [6, 6.07) is 1.58. The van der Waals surface area contributed by atoms with Crippen LogP contribution in [0.15, 0.2) is 21.8 Å². The third-order valence-corrected chi connectivity index (χ3v) is 3.98. The highest BCUT2D eigenvalue weighted by Gasteiger charge is 2.13. The molecule has 1 aromatic rings. The Bertz CT molecular complexity index is 431. The molecule has 1 heterocycles. The summed E-state index contributed by atoms with van der Waals surface area (Å²) in [5.74, 6) is 0. The van der Waals surface area contributed by atoms with E-state index in [1.807, 2.05) is 0 Å². The van der Waals surface area contributed by atoms with Crippen molar-refractivity contribution in [2.45, 2.75) is 18.7 Å². The normalized spacial score (nSPS) is 11.6. The van der Waals surface area contributed by atoms with Crippen molar-refractivity contribution in [3.05, 3.63) is 22.4 Å². The van der Waals surface area contributed by atoms with Crippen molar-refractivity contribution in [2.75, 3.05) is 6.54 Å². The van der Waals surface area contributed by atoms with Crippen LogP contribution in [0.25, 0.3) is 0 Å². The number of rotatable bonds is 3. The molecule has 0 unspecified atom stereocenters. The van der Waals surface area contributed by atoms with Gasteiger partial charge in [-0.05, 0) is 34.5 Å². The predicted octanol–water partition coefficient (Wildman–Crippen LogP) is 1.45. The molecule has 78 valence electrons. The van der Waals surface area contributed by atoms with E-state index < -0.39 is 10.0 Å². The molecule has 0 aliphatic carbocycles. The lowest BCUT2D eigenvalue weighted by molar-refractivity contribution is 0.583. The first-order valence-electron chi connectivity index (χ1n) is 4.09. The van der Waals surface area contributed by atoms with Crippen LogP contribution in [0.2, 0.25) is 0 Å². The van der Waals surface area contributed by atoms with Gasteiger partial charge >= 0.3 is 0 Å². The monoisotopic (exact) mass is 278 g/mol. The molecule has 1 aromatic heterocycles. The molecule has 0 aliphatic rings. The second-order valence-corrected chi connectivity index (χ2v) is 5.30. The molecule has 4 nitrogen and oxygen atoms in total. The molecular formula is C8H11BrN2O2S. The molecule has 0 aromatic carbocycles. The van der Waals surface area contributed by atoms with Gasteiger partial charge in [0.05, 0.1) is 0 Å². The Hall–Kier alpha value is -0.460. The highest BCUT2D eigenvalue weighted by Crippen LogP contribution is 2.16. The van der Waals surface area contributed by atoms with Gasteiger partial charge in [-0.3, -0.25) is 0 Å². The number of hydrogen-bond donors (Lipinski definition) is 1. The second-order valence-electron chi connectivity index (χ2n) is 2.78. The summed E-state index contributed by atoms with van der Waals surface area (Å²) in [5.41, 5.74) is 0.795. The van der Waals surface area contributed by atoms with Gasteiger partial charge in [-0.1, -0.05) is 6.92 Å². The second kappa shape index (κ2) is 4.37. The smallest absolute Gasteiger partial charge is 0.242 e. The van der Waals surface area contributed by atoms with E-state index in [-0.39, 0.29) is 4.90 Å². The molecule has 14 heavy (non-hydrogen) atoms. The number of sulfonamides is 1. The van der Waals surface area contributed by atoms with E-state index in [9.17, 15) is 8.42 Å². The zero-order valence-corrected chi connectivity index (χ0v) is 10.3. The molecule has 0 aliphatic heterocycles. The van der Waals surface area contributed by atoms with Gasteiger partial charge in [0.25, 0.3) is 0 Å². The minimum Gasteiger partial charge on any atom is -0.248 e. The highest BCUT2D eigenvalue weighted by molar-refractivity contribution is 9.10. The molecule has 0 atom stereocenters. The zero-order chi connectivity index (χ0) is 10.8. The summed E-state index contributed by atoms with van der Waals surface area (Å²) >= 11 is 3.21. The minimum atomic E-state index is -3.38. The van der Waals surface area contributed by atoms with Crippen molar-refractivity contribution >= 4 is 26.0 Å². The molecule has 0 saturated heterocycles. The lowest BCUT2D eigenvalue weighted by atomic mass is 10.3. The average molecular weight is 279 g/mol. The van der Waals surface area contributed by atoms with Crippen LogP contribution >= 0.6 is 15.9 Å². The summed E-state index contributed by atoms with van der Waals surface area (Å²) < 4.78 is 26.1. The minimum absolute atomic E-state index is 0.194. The van der Waals surface area contributed by atoms with Crippen molar-refractivity contribution < 1.29 is 8.42 Å². The van der Waals surface area contributed by atoms with Crippen LogP contribution in [0.1, 0.15) is 12.5 Å². The van der Waals surface area contributed by atoms with Gasteiger partial charge < -0.3 is 0 Å². The summed E-state index contributed by atoms with van der Waals surface area (Å²) in [4.78, 5) is 4.12. The summed E-state index contributed by atoms with van der Waals surface area (Å²) in [6.07, 6.45) is 1.33. The molecule has 1 rings (SSSR count). The van der Waals surface area contributed by atoms with Crippen molar-refractivity contribution in [1.82, 2.24) is 9.71 Å². The third kappa shape index (κ3) is 2.52. The van der Waals surface area contributed by atoms with Crippen molar-refractivity contribution in [2.24, 2.45) is 0 Å². The topological polar surface area (TPSA) is 59.1 Å². The van der Waals surface area contributed by atoms with Crippen molar-refractivity contribution in [3.63, 3.8) is 0 Å². The van der Waals surface area contributed by atoms with Gasteiger partial charge in [0.1, 0.15) is 9.50 Å². The van der Waals surface area contributed by atoms with Crippen LogP contribution in [0.5, 0.6) is 0 Å². The fourth-order valence-corrected chi connectivity index (χ4v) is 2.24. The first-order chi connectivity index (χ1) is 6.47. The molecule has 0 saturated carbocycles. The third-order valence-electron chi connectivity index (χ3n) is 1.63. The average Bonchev–Trinajstić information content (AvgIpc) is 2.09. The van der Waals surface area contributed by atoms with E-state index in [1.165, 1.54) is 6.20 Å². The lowest BCUT2D eigenvalue weighted by Crippen LogP contribution is -2.23. The number of pyridine rings is 1. The van der Waals surface area contributed by atoms with Crippen LogP contribution in [0, 0.1) is 6.92 Å². The standard InChI is InChI=1S/C8H11BrN2O2S/c1-3-11-14(12,13)7-4-6(2)8(9)10-5-7/h4-5,11H,3H2,1-2H3. The lowest BCUT2D eigenvalue weighted by Gasteiger charge is -2.05. The Kier molecular flexibility index (Phi) is 3.63. The molecule has 0 radical (unpaired) electrons. The summed E-state index contributed by atoms with van der Waals surface area (Å²) in [6.45, 7) is 3.90. The van der Waals surface area contributed by atoms with Crippen molar-refractivity contribution in [1.29, 1.82) is 0 Å². The first kappa shape index (κ1) is 11.6. The van der Waals surface area contributed by atoms with E-state index in [0.29, 0.717) is 11.1 Å². The van der Waals surface area contributed by atoms with Crippen molar-refractivity contribution in [3.8, 4) is 0 Å². The van der Waals surface area contributed by atoms with Crippen LogP contribution in [-0.2, 0) is 10.0 Å². The number of aryl methyl sites for hydroxylation is 1. The maximum atomic E-state index is 11.5. The maximum Gasteiger partial charge on any atom is 0.242 e. The SMILES string of the molecule is CCNS(=O)(=O)c1cnc(Br)c(C)c1. The Labute approximate surface area is 91.9 Å². The van der Waals surface area contributed by atoms with E-state index in [4.69, 9.17) is 0 Å². The van der Waals surface area contributed by atoms with E-state index in [0.717, 1.165) is 5.56 Å². The number of aromatic nitrogens is 1. The van der Waals surface area contributed by atoms with E-state index >= 15 is 0 Å². The van der Waals surface area contributed by atoms with Gasteiger partial charge in [-0.25, -0.2) is 18.1 Å². The molecule has 0 amide bonds. The Balaban J connectivity index is 3.15. The molecule has 6 heteroatoms. The van der Waals surface area contributed by atoms with Gasteiger partial charge in [0.15, 0.2) is 0 Å². The predicted molar refractivity (Wildman–Crippen MR) is 57.5 cm³/mol. The van der Waals surface area contributed by atoms with Crippen LogP contribution in [0.4, 0.5) is 0 Å². The maximum absolute atomic E-state index is 11.5. The van der Waals surface area contributed by atoms with Crippen LogP contribution < -0.4 is 4.72 Å². The first-order valence-corrected chi connectivity index (χ1v) is 6.37. The number of nitrogens with one attached hydrogen (secondary N) is 1. The van der Waals surface area contributed by atoms with Crippen LogP contribution in [0.3, 0.4) is 0 Å². The summed E-state index contributed by atoms with van der Waals surface area (Å²) in [7, 11) is -3.38. The van der Waals surface area contributed by atoms with E-state index in [1.54, 1.807) is 19.9 Å². The molecular weight excluding hydrogens is 268 g/mol. The van der Waals surface area contributed by atoms with Gasteiger partial charge in [0, 0.05) is 12.7 Å². The molecule has 0 spiro atoms. The summed E-state index contributed by atoms with van der Waals surface area (Å²) in [5, 5.41) is 0. The molecule has 0 fully saturated rings. The molecule has 0 bridgehead atoms. The molecule has 1 N–H and O–H groups in total. The van der Waals surface area contributed by atoms with Gasteiger partial charge in [-0.2, -0.15) is 0 Å². The Morgan fingerprint density at radius 2 is 2.21 bits per heavy atom. The largest absolute Gasteiger partial charge is 0.248 e. The quantitative estimate of drug-likeness (QED) is 0.852. The zero-order valence-electron chi connectivity index (χ0n) is 7.91. The van der Waals surface area contributed by atoms with Crippen LogP contribution in [-0.4, -0.2) is 19.9 Å². The van der Waals surface area contributed by atoms with Gasteiger partial charge in [0.2, 0.25) is 10.0 Å². The fourth-order valence-electron chi connectivity index (χ4n) is 0.953. The van der Waals surface area contributed by atoms with E-state index in [2.05, 4.69) is 25.6 Å². The number of halogens is 1. The Morgan fingerprint density at radius 1 is 1.57 bits per heavy atom. The number of hydrogen-bond acceptors (Lipinski definition) is 3. The highest BCUT2D eigenvalue weighted by atomic mass is 79.9. The van der Waals surface area contributed by atoms with Gasteiger partial charge in [-0.15, -0.1) is 0 Å². The Morgan fingerprint density at radius 3 is 2.71 bits per heavy atom. The number of nitrogens with zero attached hydrogens (tertiary/aromatic N) is 1.